The first-order valence-electron chi connectivity index (χ1n) is 8.92. The van der Waals surface area contributed by atoms with Crippen LogP contribution in [0.3, 0.4) is 0 Å². The molecule has 0 spiro atoms. The number of guanidine groups is 1. The molecule has 1 aromatic rings. The third kappa shape index (κ3) is 11.7. The average molecular weight is 492 g/mol. The van der Waals surface area contributed by atoms with Crippen LogP contribution >= 0.6 is 24.0 Å². The van der Waals surface area contributed by atoms with Gasteiger partial charge >= 0.3 is 6.09 Å². The first-order valence-corrected chi connectivity index (χ1v) is 8.92. The molecule has 3 N–H and O–H groups in total. The first kappa shape index (κ1) is 25.4. The van der Waals surface area contributed by atoms with Crippen LogP contribution in [0.15, 0.2) is 35.3 Å². The third-order valence-electron chi connectivity index (χ3n) is 3.33. The lowest BCUT2D eigenvalue weighted by Gasteiger charge is -2.24. The number of alkyl carbamates (subject to hydrolysis) is 1. The number of ether oxygens (including phenoxy) is 2. The minimum atomic E-state index is -0.546. The molecular formula is C19H33IN4O3. The molecule has 27 heavy (non-hydrogen) atoms. The van der Waals surface area contributed by atoms with Crippen molar-refractivity contribution in [2.24, 2.45) is 4.99 Å². The number of carbonyl (C=O) groups excluding carboxylic acids is 1. The minimum Gasteiger partial charge on any atom is -0.444 e. The Morgan fingerprint density at radius 2 is 1.85 bits per heavy atom. The lowest BCUT2D eigenvalue weighted by Crippen LogP contribution is -2.44. The monoisotopic (exact) mass is 492 g/mol. The summed E-state index contributed by atoms with van der Waals surface area (Å²) >= 11 is 0. The van der Waals surface area contributed by atoms with E-state index in [-0.39, 0.29) is 30.0 Å². The Balaban J connectivity index is 0.00000676. The van der Waals surface area contributed by atoms with Gasteiger partial charge in [0.2, 0.25) is 0 Å². The van der Waals surface area contributed by atoms with Crippen molar-refractivity contribution < 1.29 is 14.3 Å². The van der Waals surface area contributed by atoms with Gasteiger partial charge in [0.25, 0.3) is 0 Å². The van der Waals surface area contributed by atoms with Crippen LogP contribution in [0.5, 0.6) is 0 Å². The summed E-state index contributed by atoms with van der Waals surface area (Å²) in [6, 6.07) is 9.50. The maximum Gasteiger partial charge on any atom is 0.408 e. The fourth-order valence-electron chi connectivity index (χ4n) is 2.19. The first-order chi connectivity index (χ1) is 12.4. The highest BCUT2D eigenvalue weighted by molar-refractivity contribution is 14.0. The van der Waals surface area contributed by atoms with Gasteiger partial charge in [0.1, 0.15) is 5.60 Å². The van der Waals surface area contributed by atoms with Gasteiger partial charge in [0, 0.05) is 26.7 Å². The molecule has 7 nitrogen and oxygen atoms in total. The summed E-state index contributed by atoms with van der Waals surface area (Å²) < 4.78 is 10.7. The predicted molar refractivity (Wildman–Crippen MR) is 120 cm³/mol. The standard InChI is InChI=1S/C19H32N4O3.HI/c1-6-25-13-12-21-17(20-5)22-14-16(15-10-8-7-9-11-15)23-18(24)26-19(2,3)4;/h7-11,16H,6,12-14H2,1-5H3,(H,23,24)(H2,20,21,22);1H. The number of amides is 1. The zero-order valence-electron chi connectivity index (χ0n) is 16.9. The number of nitrogens with one attached hydrogen (secondary N) is 3. The Morgan fingerprint density at radius 3 is 2.41 bits per heavy atom. The number of aliphatic imine (C=N–C) groups is 1. The zero-order chi connectivity index (χ0) is 19.4. The third-order valence-corrected chi connectivity index (χ3v) is 3.33. The Labute approximate surface area is 179 Å². The molecule has 0 aromatic heterocycles. The van der Waals surface area contributed by atoms with Gasteiger partial charge in [-0.25, -0.2) is 4.79 Å². The summed E-state index contributed by atoms with van der Waals surface area (Å²) in [4.78, 5) is 16.4. The summed E-state index contributed by atoms with van der Waals surface area (Å²) in [5.74, 6) is 0.650. The highest BCUT2D eigenvalue weighted by Crippen LogP contribution is 2.14. The number of carbonyl (C=O) groups is 1. The number of hydrogen-bond donors (Lipinski definition) is 3. The fourth-order valence-corrected chi connectivity index (χ4v) is 2.19. The maximum absolute atomic E-state index is 12.2. The second kappa shape index (κ2) is 13.6. The lowest BCUT2D eigenvalue weighted by molar-refractivity contribution is 0.0504. The molecule has 0 saturated heterocycles. The predicted octanol–water partition coefficient (Wildman–Crippen LogP) is 3.07. The molecule has 0 aliphatic heterocycles. The van der Waals surface area contributed by atoms with Gasteiger partial charge in [0.15, 0.2) is 5.96 Å². The van der Waals surface area contributed by atoms with Crippen molar-refractivity contribution in [3.8, 4) is 0 Å². The van der Waals surface area contributed by atoms with E-state index < -0.39 is 11.7 Å². The van der Waals surface area contributed by atoms with Crippen LogP contribution in [-0.4, -0.2) is 51.0 Å². The van der Waals surface area contributed by atoms with E-state index in [1.54, 1.807) is 7.05 Å². The number of benzene rings is 1. The maximum atomic E-state index is 12.2. The smallest absolute Gasteiger partial charge is 0.408 e. The second-order valence-corrected chi connectivity index (χ2v) is 6.69. The molecule has 1 unspecified atom stereocenters. The van der Waals surface area contributed by atoms with Crippen LogP contribution in [-0.2, 0) is 9.47 Å². The van der Waals surface area contributed by atoms with Crippen molar-refractivity contribution in [2.45, 2.75) is 39.3 Å². The molecule has 1 aromatic carbocycles. The normalized spacial score (nSPS) is 12.6. The zero-order valence-corrected chi connectivity index (χ0v) is 19.2. The van der Waals surface area contributed by atoms with E-state index >= 15 is 0 Å². The quantitative estimate of drug-likeness (QED) is 0.225. The van der Waals surface area contributed by atoms with Crippen LogP contribution in [0.25, 0.3) is 0 Å². The van der Waals surface area contributed by atoms with Gasteiger partial charge in [-0.1, -0.05) is 30.3 Å². The molecule has 1 atom stereocenters. The molecule has 1 rings (SSSR count). The van der Waals surface area contributed by atoms with E-state index in [0.717, 1.165) is 5.56 Å². The highest BCUT2D eigenvalue weighted by atomic mass is 127. The second-order valence-electron chi connectivity index (χ2n) is 6.69. The number of nitrogens with zero attached hydrogens (tertiary/aromatic N) is 1. The SMILES string of the molecule is CCOCCNC(=NC)NCC(NC(=O)OC(C)(C)C)c1ccccc1.I. The Hall–Kier alpha value is -1.55. The van der Waals surface area contributed by atoms with Crippen molar-refractivity contribution in [3.63, 3.8) is 0 Å². The van der Waals surface area contributed by atoms with E-state index in [1.165, 1.54) is 0 Å². The highest BCUT2D eigenvalue weighted by Gasteiger charge is 2.20. The molecule has 0 bridgehead atoms. The molecule has 0 fully saturated rings. The molecule has 8 heteroatoms. The van der Waals surface area contributed by atoms with Crippen LogP contribution in [0, 0.1) is 0 Å². The molecular weight excluding hydrogens is 459 g/mol. The van der Waals surface area contributed by atoms with E-state index in [2.05, 4.69) is 20.9 Å². The van der Waals surface area contributed by atoms with E-state index in [9.17, 15) is 4.79 Å². The van der Waals surface area contributed by atoms with Crippen LogP contribution in [0.1, 0.15) is 39.3 Å². The largest absolute Gasteiger partial charge is 0.444 e. The van der Waals surface area contributed by atoms with Gasteiger partial charge in [-0.05, 0) is 33.3 Å². The summed E-state index contributed by atoms with van der Waals surface area (Å²) in [5, 5.41) is 9.31. The summed E-state index contributed by atoms with van der Waals surface area (Å²) in [6.07, 6.45) is -0.451. The molecule has 1 amide bonds. The van der Waals surface area contributed by atoms with Crippen molar-refractivity contribution in [2.75, 3.05) is 33.4 Å². The van der Waals surface area contributed by atoms with Crippen molar-refractivity contribution >= 4 is 36.0 Å². The molecule has 0 saturated carbocycles. The molecule has 0 aliphatic carbocycles. The van der Waals surface area contributed by atoms with E-state index in [1.807, 2.05) is 58.0 Å². The number of hydrogen-bond acceptors (Lipinski definition) is 4. The summed E-state index contributed by atoms with van der Waals surface area (Å²) in [5.41, 5.74) is 0.436. The minimum absolute atomic E-state index is 0. The van der Waals surface area contributed by atoms with E-state index in [0.29, 0.717) is 32.3 Å². The summed E-state index contributed by atoms with van der Waals surface area (Å²) in [7, 11) is 1.70. The Bertz CT molecular complexity index is 562. The molecule has 0 aliphatic rings. The molecule has 154 valence electrons. The molecule has 0 radical (unpaired) electrons. The van der Waals surface area contributed by atoms with Gasteiger partial charge in [-0.15, -0.1) is 24.0 Å². The summed E-state index contributed by atoms with van der Waals surface area (Å²) in [6.45, 7) is 9.89. The van der Waals surface area contributed by atoms with Crippen LogP contribution in [0.2, 0.25) is 0 Å². The van der Waals surface area contributed by atoms with E-state index in [4.69, 9.17) is 9.47 Å². The van der Waals surface area contributed by atoms with Crippen LogP contribution < -0.4 is 16.0 Å². The van der Waals surface area contributed by atoms with Gasteiger partial charge < -0.3 is 25.4 Å². The van der Waals surface area contributed by atoms with Crippen molar-refractivity contribution in [1.82, 2.24) is 16.0 Å². The van der Waals surface area contributed by atoms with Crippen LogP contribution in [0.4, 0.5) is 4.79 Å². The Kier molecular flexibility index (Phi) is 12.8. The van der Waals surface area contributed by atoms with Crippen molar-refractivity contribution in [3.05, 3.63) is 35.9 Å². The van der Waals surface area contributed by atoms with Gasteiger partial charge in [-0.3, -0.25) is 4.99 Å². The Morgan fingerprint density at radius 1 is 1.19 bits per heavy atom. The number of halogens is 1. The van der Waals surface area contributed by atoms with Gasteiger partial charge in [0.05, 0.1) is 12.6 Å². The van der Waals surface area contributed by atoms with Crippen molar-refractivity contribution in [1.29, 1.82) is 0 Å². The lowest BCUT2D eigenvalue weighted by atomic mass is 10.1. The molecule has 0 heterocycles. The van der Waals surface area contributed by atoms with Gasteiger partial charge in [-0.2, -0.15) is 0 Å². The number of rotatable bonds is 8. The fraction of sp³-hybridized carbons (Fsp3) is 0.579. The average Bonchev–Trinajstić information content (AvgIpc) is 2.59. The topological polar surface area (TPSA) is 84.0 Å².